The number of nitro benzene ring substituents is 1. The van der Waals surface area contributed by atoms with Crippen LogP contribution >= 0.6 is 0 Å². The first-order valence-corrected chi connectivity index (χ1v) is 6.63. The molecular formula is C14H17N3O4. The largest absolute Gasteiger partial charge is 0.325 e. The zero-order chi connectivity index (χ0) is 15.8. The monoisotopic (exact) mass is 291 g/mol. The minimum absolute atomic E-state index is 0.0790. The average molecular weight is 291 g/mol. The van der Waals surface area contributed by atoms with Crippen LogP contribution in [0, 0.1) is 16.0 Å². The third-order valence-corrected chi connectivity index (χ3v) is 3.97. The van der Waals surface area contributed by atoms with Crippen LogP contribution in [-0.2, 0) is 11.3 Å². The Kier molecular flexibility index (Phi) is 3.67. The molecule has 7 heteroatoms. The lowest BCUT2D eigenvalue weighted by atomic mass is 9.88. The molecule has 1 aliphatic heterocycles. The summed E-state index contributed by atoms with van der Waals surface area (Å²) in [6.07, 6.45) is 0. The summed E-state index contributed by atoms with van der Waals surface area (Å²) in [6, 6.07) is 5.57. The molecule has 1 aromatic carbocycles. The van der Waals surface area contributed by atoms with Crippen molar-refractivity contribution in [3.05, 3.63) is 39.9 Å². The summed E-state index contributed by atoms with van der Waals surface area (Å²) in [5, 5.41) is 13.7. The molecule has 0 bridgehead atoms. The van der Waals surface area contributed by atoms with Gasteiger partial charge in [-0.05, 0) is 12.8 Å². The van der Waals surface area contributed by atoms with Gasteiger partial charge in [0.1, 0.15) is 5.54 Å². The highest BCUT2D eigenvalue weighted by molar-refractivity contribution is 6.06. The van der Waals surface area contributed by atoms with Gasteiger partial charge in [0.2, 0.25) is 0 Å². The second-order valence-corrected chi connectivity index (χ2v) is 5.56. The molecule has 0 radical (unpaired) electrons. The summed E-state index contributed by atoms with van der Waals surface area (Å²) in [5.41, 5.74) is -0.740. The van der Waals surface area contributed by atoms with E-state index in [9.17, 15) is 19.7 Å². The molecule has 1 aliphatic rings. The Balaban J connectivity index is 2.31. The average Bonchev–Trinajstić information content (AvgIpc) is 2.64. The van der Waals surface area contributed by atoms with Crippen molar-refractivity contribution in [1.82, 2.24) is 10.2 Å². The Morgan fingerprint density at radius 2 is 1.95 bits per heavy atom. The molecule has 0 aromatic heterocycles. The van der Waals surface area contributed by atoms with E-state index < -0.39 is 16.5 Å². The third kappa shape index (κ3) is 2.46. The highest BCUT2D eigenvalue weighted by Gasteiger charge is 2.49. The van der Waals surface area contributed by atoms with E-state index in [0.717, 1.165) is 4.90 Å². The lowest BCUT2D eigenvalue weighted by Gasteiger charge is -2.25. The van der Waals surface area contributed by atoms with Crippen LogP contribution in [0.3, 0.4) is 0 Å². The summed E-state index contributed by atoms with van der Waals surface area (Å²) in [7, 11) is 0. The normalized spacial score (nSPS) is 21.8. The quantitative estimate of drug-likeness (QED) is 0.522. The van der Waals surface area contributed by atoms with E-state index in [4.69, 9.17) is 0 Å². The van der Waals surface area contributed by atoms with E-state index in [1.54, 1.807) is 25.1 Å². The first kappa shape index (κ1) is 15.0. The molecule has 112 valence electrons. The number of nitro groups is 1. The molecule has 1 aromatic rings. The number of carbonyl (C=O) groups excluding carboxylic acids is 2. The number of carbonyl (C=O) groups is 2. The van der Waals surface area contributed by atoms with Gasteiger partial charge < -0.3 is 5.32 Å². The maximum atomic E-state index is 12.4. The fourth-order valence-electron chi connectivity index (χ4n) is 2.24. The number of urea groups is 1. The molecule has 1 atom stereocenters. The van der Waals surface area contributed by atoms with Crippen molar-refractivity contribution < 1.29 is 14.5 Å². The Morgan fingerprint density at radius 1 is 1.33 bits per heavy atom. The van der Waals surface area contributed by atoms with E-state index in [1.165, 1.54) is 6.07 Å². The summed E-state index contributed by atoms with van der Waals surface area (Å²) in [5.74, 6) is -0.439. The van der Waals surface area contributed by atoms with Gasteiger partial charge in [-0.25, -0.2) is 4.79 Å². The zero-order valence-corrected chi connectivity index (χ0v) is 12.1. The van der Waals surface area contributed by atoms with Gasteiger partial charge in [0.15, 0.2) is 0 Å². The van der Waals surface area contributed by atoms with Gasteiger partial charge >= 0.3 is 6.03 Å². The van der Waals surface area contributed by atoms with E-state index in [0.29, 0.717) is 5.56 Å². The van der Waals surface area contributed by atoms with E-state index in [1.807, 2.05) is 13.8 Å². The number of para-hydroxylation sites is 1. The van der Waals surface area contributed by atoms with E-state index >= 15 is 0 Å². The lowest BCUT2D eigenvalue weighted by Crippen LogP contribution is -2.48. The molecule has 0 spiro atoms. The molecule has 3 amide bonds. The minimum Gasteiger partial charge on any atom is -0.323 e. The van der Waals surface area contributed by atoms with Crippen molar-refractivity contribution in [3.63, 3.8) is 0 Å². The molecule has 0 aliphatic carbocycles. The summed E-state index contributed by atoms with van der Waals surface area (Å²) < 4.78 is 0. The molecule has 21 heavy (non-hydrogen) atoms. The van der Waals surface area contributed by atoms with Crippen LogP contribution < -0.4 is 5.32 Å². The molecule has 1 fully saturated rings. The van der Waals surface area contributed by atoms with Crippen LogP contribution in [-0.4, -0.2) is 27.3 Å². The first-order chi connectivity index (χ1) is 9.77. The molecule has 7 nitrogen and oxygen atoms in total. The smallest absolute Gasteiger partial charge is 0.323 e. The third-order valence-electron chi connectivity index (χ3n) is 3.97. The van der Waals surface area contributed by atoms with Crippen LogP contribution in [0.5, 0.6) is 0 Å². The highest BCUT2D eigenvalue weighted by atomic mass is 16.6. The molecule has 1 N–H and O–H groups in total. The molecule has 1 saturated heterocycles. The number of hydrogen-bond acceptors (Lipinski definition) is 4. The van der Waals surface area contributed by atoms with Gasteiger partial charge in [-0.15, -0.1) is 0 Å². The maximum absolute atomic E-state index is 12.4. The van der Waals surface area contributed by atoms with Gasteiger partial charge in [-0.1, -0.05) is 32.0 Å². The van der Waals surface area contributed by atoms with E-state index in [2.05, 4.69) is 5.32 Å². The fourth-order valence-corrected chi connectivity index (χ4v) is 2.24. The summed E-state index contributed by atoms with van der Waals surface area (Å²) in [4.78, 5) is 36.0. The standard InChI is InChI=1S/C14H17N3O4/c1-9(2)14(3)12(18)16(13(19)15-14)8-10-6-4-5-7-11(10)17(20)21/h4-7,9H,8H2,1-3H3,(H,15,19). The summed E-state index contributed by atoms with van der Waals surface area (Å²) >= 11 is 0. The van der Waals surface area contributed by atoms with Gasteiger partial charge in [0.05, 0.1) is 11.5 Å². The summed E-state index contributed by atoms with van der Waals surface area (Å²) in [6.45, 7) is 5.24. The van der Waals surface area contributed by atoms with E-state index in [-0.39, 0.29) is 24.1 Å². The predicted molar refractivity (Wildman–Crippen MR) is 75.4 cm³/mol. The Hall–Kier alpha value is -2.44. The van der Waals surface area contributed by atoms with Crippen LogP contribution in [0.4, 0.5) is 10.5 Å². The number of hydrogen-bond donors (Lipinski definition) is 1. The Bertz CT molecular complexity index is 614. The first-order valence-electron chi connectivity index (χ1n) is 6.63. The van der Waals surface area contributed by atoms with Crippen molar-refractivity contribution in [2.24, 2.45) is 5.92 Å². The second-order valence-electron chi connectivity index (χ2n) is 5.56. The molecule has 2 rings (SSSR count). The van der Waals surface area contributed by atoms with Gasteiger partial charge in [-0.3, -0.25) is 19.8 Å². The molecule has 1 unspecified atom stereocenters. The second kappa shape index (κ2) is 5.16. The zero-order valence-electron chi connectivity index (χ0n) is 12.1. The molecule has 0 saturated carbocycles. The van der Waals surface area contributed by atoms with Crippen molar-refractivity contribution >= 4 is 17.6 Å². The van der Waals surface area contributed by atoms with Crippen molar-refractivity contribution in [3.8, 4) is 0 Å². The molecule has 1 heterocycles. The Morgan fingerprint density at radius 3 is 2.48 bits per heavy atom. The van der Waals surface area contributed by atoms with Crippen LogP contribution in [0.25, 0.3) is 0 Å². The fraction of sp³-hybridized carbons (Fsp3) is 0.429. The number of imide groups is 1. The van der Waals surface area contributed by atoms with Crippen molar-refractivity contribution in [2.75, 3.05) is 0 Å². The van der Waals surface area contributed by atoms with Crippen LogP contribution in [0.1, 0.15) is 26.3 Å². The van der Waals surface area contributed by atoms with Gasteiger partial charge in [0.25, 0.3) is 11.6 Å². The highest BCUT2D eigenvalue weighted by Crippen LogP contribution is 2.28. The lowest BCUT2D eigenvalue weighted by molar-refractivity contribution is -0.385. The Labute approximate surface area is 122 Å². The topological polar surface area (TPSA) is 92.6 Å². The van der Waals surface area contributed by atoms with Crippen molar-refractivity contribution in [1.29, 1.82) is 0 Å². The minimum atomic E-state index is -0.972. The molecular weight excluding hydrogens is 274 g/mol. The maximum Gasteiger partial charge on any atom is 0.325 e. The number of rotatable bonds is 4. The number of amides is 3. The van der Waals surface area contributed by atoms with Gasteiger partial charge in [-0.2, -0.15) is 0 Å². The van der Waals surface area contributed by atoms with Gasteiger partial charge in [0, 0.05) is 11.6 Å². The number of nitrogens with zero attached hydrogens (tertiary/aromatic N) is 2. The van der Waals surface area contributed by atoms with Crippen molar-refractivity contribution in [2.45, 2.75) is 32.9 Å². The SMILES string of the molecule is CC(C)C1(C)NC(=O)N(Cc2ccccc2[N+](=O)[O-])C1=O. The number of nitrogens with one attached hydrogen (secondary N) is 1. The predicted octanol–water partition coefficient (Wildman–Crippen LogP) is 2.06. The van der Waals surface area contributed by atoms with Crippen LogP contribution in [0.15, 0.2) is 24.3 Å². The number of benzene rings is 1. The van der Waals surface area contributed by atoms with Crippen LogP contribution in [0.2, 0.25) is 0 Å².